The fourth-order valence-electron chi connectivity index (χ4n) is 2.49. The van der Waals surface area contributed by atoms with Crippen molar-refractivity contribution < 1.29 is 9.18 Å². The van der Waals surface area contributed by atoms with Crippen LogP contribution in [0.3, 0.4) is 0 Å². The summed E-state index contributed by atoms with van der Waals surface area (Å²) in [6.45, 7) is 3.23. The molecule has 1 aromatic carbocycles. The molecule has 0 atom stereocenters. The summed E-state index contributed by atoms with van der Waals surface area (Å²) in [5.41, 5.74) is 2.26. The Morgan fingerprint density at radius 2 is 2.00 bits per heavy atom. The van der Waals surface area contributed by atoms with Gasteiger partial charge in [-0.1, -0.05) is 29.8 Å². The Balaban J connectivity index is 1.58. The van der Waals surface area contributed by atoms with Crippen LogP contribution >= 0.6 is 22.9 Å². The van der Waals surface area contributed by atoms with E-state index in [4.69, 9.17) is 11.6 Å². The van der Waals surface area contributed by atoms with E-state index in [0.717, 1.165) is 13.1 Å². The highest BCUT2D eigenvalue weighted by Crippen LogP contribution is 2.21. The maximum absolute atomic E-state index is 13.7. The number of carbonyl (C=O) groups excluding carboxylic acids is 1. The lowest BCUT2D eigenvalue weighted by molar-refractivity contribution is 0.0631. The first-order chi connectivity index (χ1) is 10.6. The Kier molecular flexibility index (Phi) is 4.71. The summed E-state index contributed by atoms with van der Waals surface area (Å²) in [6, 6.07) is 6.79. The van der Waals surface area contributed by atoms with Gasteiger partial charge in [0.05, 0.1) is 5.51 Å². The van der Waals surface area contributed by atoms with Gasteiger partial charge in [-0.2, -0.15) is 0 Å². The summed E-state index contributed by atoms with van der Waals surface area (Å²) in [5, 5.41) is 0.267. The normalized spacial score (nSPS) is 16.0. The number of aromatic nitrogens is 1. The number of thiazole rings is 1. The van der Waals surface area contributed by atoms with Gasteiger partial charge in [0, 0.05) is 38.3 Å². The minimum atomic E-state index is -0.183. The summed E-state index contributed by atoms with van der Waals surface area (Å²) in [4.78, 5) is 20.6. The highest BCUT2D eigenvalue weighted by atomic mass is 35.5. The van der Waals surface area contributed by atoms with E-state index in [-0.39, 0.29) is 16.9 Å². The number of benzene rings is 1. The molecular formula is C15H15ClFN3OS. The molecule has 0 radical (unpaired) electrons. The van der Waals surface area contributed by atoms with Gasteiger partial charge in [-0.3, -0.25) is 9.69 Å². The summed E-state index contributed by atoms with van der Waals surface area (Å²) in [6.07, 6.45) is 0. The molecule has 0 N–H and O–H groups in total. The van der Waals surface area contributed by atoms with Crippen molar-refractivity contribution in [2.24, 2.45) is 0 Å². The van der Waals surface area contributed by atoms with E-state index in [1.54, 1.807) is 22.5 Å². The molecular weight excluding hydrogens is 325 g/mol. The van der Waals surface area contributed by atoms with Crippen LogP contribution in [-0.2, 0) is 6.54 Å². The summed E-state index contributed by atoms with van der Waals surface area (Å²) < 4.78 is 13.7. The molecule has 0 unspecified atom stereocenters. The second-order valence-electron chi connectivity index (χ2n) is 5.13. The van der Waals surface area contributed by atoms with Gasteiger partial charge in [0.25, 0.3) is 5.91 Å². The van der Waals surface area contributed by atoms with E-state index in [2.05, 4.69) is 9.88 Å². The van der Waals surface area contributed by atoms with E-state index in [1.807, 2.05) is 6.07 Å². The zero-order valence-electron chi connectivity index (χ0n) is 11.8. The molecule has 7 heteroatoms. The third-order valence-electron chi connectivity index (χ3n) is 3.73. The van der Waals surface area contributed by atoms with Crippen LogP contribution in [0.4, 0.5) is 4.39 Å². The monoisotopic (exact) mass is 339 g/mol. The van der Waals surface area contributed by atoms with Crippen molar-refractivity contribution in [3.05, 3.63) is 51.2 Å². The zero-order valence-corrected chi connectivity index (χ0v) is 13.4. The van der Waals surface area contributed by atoms with Crippen molar-refractivity contribution in [3.63, 3.8) is 0 Å². The molecule has 0 spiro atoms. The van der Waals surface area contributed by atoms with Crippen LogP contribution in [0, 0.1) is 5.82 Å². The molecule has 1 aliphatic heterocycles. The van der Waals surface area contributed by atoms with Crippen LogP contribution in [0.1, 0.15) is 15.2 Å². The first kappa shape index (κ1) is 15.4. The molecule has 2 heterocycles. The maximum atomic E-state index is 13.7. The van der Waals surface area contributed by atoms with Gasteiger partial charge >= 0.3 is 0 Å². The third kappa shape index (κ3) is 3.29. The van der Waals surface area contributed by atoms with E-state index in [0.29, 0.717) is 30.1 Å². The maximum Gasteiger partial charge on any atom is 0.267 e. The molecule has 1 amide bonds. The Morgan fingerprint density at radius 3 is 2.64 bits per heavy atom. The number of carbonyl (C=O) groups is 1. The van der Waals surface area contributed by atoms with Crippen LogP contribution in [-0.4, -0.2) is 46.9 Å². The lowest BCUT2D eigenvalue weighted by Crippen LogP contribution is -2.48. The molecule has 2 aromatic rings. The topological polar surface area (TPSA) is 36.4 Å². The molecule has 116 valence electrons. The van der Waals surface area contributed by atoms with Crippen LogP contribution in [0.5, 0.6) is 0 Å². The van der Waals surface area contributed by atoms with Gasteiger partial charge in [-0.15, -0.1) is 11.3 Å². The molecule has 3 rings (SSSR count). The quantitative estimate of drug-likeness (QED) is 0.862. The summed E-state index contributed by atoms with van der Waals surface area (Å²) in [7, 11) is 0. The molecule has 4 nitrogen and oxygen atoms in total. The largest absolute Gasteiger partial charge is 0.335 e. The van der Waals surface area contributed by atoms with Gasteiger partial charge in [-0.05, 0) is 6.07 Å². The fraction of sp³-hybridized carbons (Fsp3) is 0.333. The number of piperazine rings is 1. The number of halogens is 2. The van der Waals surface area contributed by atoms with Crippen LogP contribution < -0.4 is 0 Å². The molecule has 1 aromatic heterocycles. The standard InChI is InChI=1S/C15H15ClFN3OS/c16-14-13(22-10-18-14)15(21)20-7-5-19(6-8-20)9-11-3-1-2-4-12(11)17/h1-4,10H,5-9H2. The molecule has 0 bridgehead atoms. The Hall–Kier alpha value is -1.50. The van der Waals surface area contributed by atoms with E-state index in [1.165, 1.54) is 17.4 Å². The minimum Gasteiger partial charge on any atom is -0.335 e. The van der Waals surface area contributed by atoms with E-state index in [9.17, 15) is 9.18 Å². The number of rotatable bonds is 3. The van der Waals surface area contributed by atoms with Gasteiger partial charge < -0.3 is 4.90 Å². The highest BCUT2D eigenvalue weighted by Gasteiger charge is 2.25. The fourth-order valence-corrected chi connectivity index (χ4v) is 3.46. The first-order valence-electron chi connectivity index (χ1n) is 6.99. The number of nitrogens with zero attached hydrogens (tertiary/aromatic N) is 3. The molecule has 0 saturated carbocycles. The predicted molar refractivity (Wildman–Crippen MR) is 84.7 cm³/mol. The smallest absolute Gasteiger partial charge is 0.267 e. The van der Waals surface area contributed by atoms with E-state index < -0.39 is 0 Å². The molecule has 1 saturated heterocycles. The van der Waals surface area contributed by atoms with Crippen molar-refractivity contribution in [1.29, 1.82) is 0 Å². The van der Waals surface area contributed by atoms with Gasteiger partial charge in [0.1, 0.15) is 10.7 Å². The van der Waals surface area contributed by atoms with Crippen LogP contribution in [0.15, 0.2) is 29.8 Å². The van der Waals surface area contributed by atoms with Gasteiger partial charge in [0.2, 0.25) is 0 Å². The van der Waals surface area contributed by atoms with Crippen molar-refractivity contribution in [2.45, 2.75) is 6.54 Å². The zero-order chi connectivity index (χ0) is 15.5. The number of hydrogen-bond donors (Lipinski definition) is 0. The first-order valence-corrected chi connectivity index (χ1v) is 8.25. The van der Waals surface area contributed by atoms with Gasteiger partial charge in [0.15, 0.2) is 5.15 Å². The highest BCUT2D eigenvalue weighted by molar-refractivity contribution is 7.12. The summed E-state index contributed by atoms with van der Waals surface area (Å²) >= 11 is 7.17. The second-order valence-corrected chi connectivity index (χ2v) is 6.34. The minimum absolute atomic E-state index is 0.0713. The lowest BCUT2D eigenvalue weighted by Gasteiger charge is -2.34. The average Bonchev–Trinajstić information content (AvgIpc) is 2.96. The molecule has 22 heavy (non-hydrogen) atoms. The average molecular weight is 340 g/mol. The SMILES string of the molecule is O=C(c1scnc1Cl)N1CCN(Cc2ccccc2F)CC1. The summed E-state index contributed by atoms with van der Waals surface area (Å²) in [5.74, 6) is -0.254. The van der Waals surface area contributed by atoms with Crippen molar-refractivity contribution in [1.82, 2.24) is 14.8 Å². The second kappa shape index (κ2) is 6.73. The van der Waals surface area contributed by atoms with Crippen LogP contribution in [0.2, 0.25) is 5.15 Å². The Bertz CT molecular complexity index is 670. The molecule has 1 aliphatic rings. The third-order valence-corrected chi connectivity index (χ3v) is 4.94. The molecule has 1 fully saturated rings. The number of amides is 1. The lowest BCUT2D eigenvalue weighted by atomic mass is 10.2. The Labute approximate surface area is 137 Å². The van der Waals surface area contributed by atoms with Crippen LogP contribution in [0.25, 0.3) is 0 Å². The van der Waals surface area contributed by atoms with Gasteiger partial charge in [-0.25, -0.2) is 9.37 Å². The predicted octanol–water partition coefficient (Wildman–Crippen LogP) is 2.89. The van der Waals surface area contributed by atoms with Crippen molar-refractivity contribution in [2.75, 3.05) is 26.2 Å². The Morgan fingerprint density at radius 1 is 1.27 bits per heavy atom. The van der Waals surface area contributed by atoms with E-state index >= 15 is 0 Å². The van der Waals surface area contributed by atoms with Crippen molar-refractivity contribution >= 4 is 28.8 Å². The molecule has 0 aliphatic carbocycles. The number of hydrogen-bond acceptors (Lipinski definition) is 4. The van der Waals surface area contributed by atoms with Crippen molar-refractivity contribution in [3.8, 4) is 0 Å².